The topological polar surface area (TPSA) is 76.0 Å². The van der Waals surface area contributed by atoms with E-state index >= 15 is 0 Å². The number of cyclic esters (lactones) is 1. The summed E-state index contributed by atoms with van der Waals surface area (Å²) in [5, 5.41) is 21.2. The van der Waals surface area contributed by atoms with Gasteiger partial charge in [0.05, 0.1) is 24.4 Å². The van der Waals surface area contributed by atoms with E-state index in [1.165, 1.54) is 109 Å². The molecule has 2 aliphatic heterocycles. The summed E-state index contributed by atoms with van der Waals surface area (Å²) >= 11 is 0. The minimum Gasteiger partial charge on any atom is -0.455 e. The van der Waals surface area contributed by atoms with Crippen LogP contribution in [-0.4, -0.2) is 46.7 Å². The van der Waals surface area contributed by atoms with Gasteiger partial charge in [-0.1, -0.05) is 129 Å². The molecule has 2 N–H and O–H groups in total. The van der Waals surface area contributed by atoms with Crippen LogP contribution >= 0.6 is 0 Å². The molecule has 1 saturated heterocycles. The molecule has 2 heterocycles. The molecule has 0 aromatic rings. The third-order valence-electron chi connectivity index (χ3n) is 8.98. The number of unbranched alkanes of at least 4 members (excludes halogenated alkanes) is 18. The zero-order valence-electron chi connectivity index (χ0n) is 26.3. The molecule has 0 radical (unpaired) electrons. The Morgan fingerprint density at radius 1 is 0.675 bits per heavy atom. The first-order valence-corrected chi connectivity index (χ1v) is 17.4. The van der Waals surface area contributed by atoms with Gasteiger partial charge in [-0.25, -0.2) is 4.79 Å². The SMILES string of the molecule is CCCCCCCCCCCC[C@H](O)[C@H]1CC[C@@H]([C@H](O)CCCCCCCCCCCCC2=C[C@@H](C)OC2=O)O1. The van der Waals surface area contributed by atoms with E-state index in [1.807, 2.05) is 13.0 Å². The van der Waals surface area contributed by atoms with Crippen molar-refractivity contribution < 1.29 is 24.5 Å². The molecule has 5 nitrogen and oxygen atoms in total. The third kappa shape index (κ3) is 15.9. The first kappa shape index (κ1) is 35.3. The smallest absolute Gasteiger partial charge is 0.334 e. The lowest BCUT2D eigenvalue weighted by molar-refractivity contribution is -0.139. The Balaban J connectivity index is 1.35. The molecule has 2 aliphatic rings. The van der Waals surface area contributed by atoms with Crippen LogP contribution in [0, 0.1) is 0 Å². The normalized spacial score (nSPS) is 22.4. The van der Waals surface area contributed by atoms with Crippen molar-refractivity contribution in [2.24, 2.45) is 0 Å². The van der Waals surface area contributed by atoms with Gasteiger partial charge in [-0.3, -0.25) is 0 Å². The predicted molar refractivity (Wildman–Crippen MR) is 165 cm³/mol. The molecule has 0 saturated carbocycles. The molecule has 0 bridgehead atoms. The average Bonchev–Trinajstić information content (AvgIpc) is 3.56. The zero-order chi connectivity index (χ0) is 28.8. The van der Waals surface area contributed by atoms with Crippen molar-refractivity contribution in [2.75, 3.05) is 0 Å². The number of carbonyl (C=O) groups excluding carboxylic acids is 1. The average molecular weight is 565 g/mol. The fourth-order valence-electron chi connectivity index (χ4n) is 6.37. The first-order valence-electron chi connectivity index (χ1n) is 17.4. The summed E-state index contributed by atoms with van der Waals surface area (Å²) in [5.74, 6) is -0.117. The summed E-state index contributed by atoms with van der Waals surface area (Å²) < 4.78 is 11.2. The molecule has 0 spiro atoms. The van der Waals surface area contributed by atoms with E-state index in [-0.39, 0.29) is 36.5 Å². The van der Waals surface area contributed by atoms with E-state index in [0.717, 1.165) is 56.9 Å². The molecule has 0 aliphatic carbocycles. The maximum Gasteiger partial charge on any atom is 0.334 e. The molecule has 5 atom stereocenters. The first-order chi connectivity index (χ1) is 19.5. The van der Waals surface area contributed by atoms with Crippen LogP contribution in [-0.2, 0) is 14.3 Å². The van der Waals surface area contributed by atoms with E-state index in [9.17, 15) is 15.0 Å². The van der Waals surface area contributed by atoms with Crippen molar-refractivity contribution in [3.8, 4) is 0 Å². The van der Waals surface area contributed by atoms with Crippen molar-refractivity contribution in [3.05, 3.63) is 11.6 Å². The van der Waals surface area contributed by atoms with Crippen LogP contribution in [0.15, 0.2) is 11.6 Å². The summed E-state index contributed by atoms with van der Waals surface area (Å²) in [6.07, 6.45) is 30.5. The highest BCUT2D eigenvalue weighted by Crippen LogP contribution is 2.28. The van der Waals surface area contributed by atoms with Crippen LogP contribution in [0.4, 0.5) is 0 Å². The molecule has 5 heteroatoms. The Hall–Kier alpha value is -0.910. The molecule has 0 unspecified atom stereocenters. The van der Waals surface area contributed by atoms with Gasteiger partial charge in [-0.2, -0.15) is 0 Å². The Morgan fingerprint density at radius 2 is 1.07 bits per heavy atom. The van der Waals surface area contributed by atoms with Crippen LogP contribution in [0.3, 0.4) is 0 Å². The highest BCUT2D eigenvalue weighted by atomic mass is 16.5. The Morgan fingerprint density at radius 3 is 1.48 bits per heavy atom. The number of ether oxygens (including phenoxy) is 2. The predicted octanol–water partition coefficient (Wildman–Crippen LogP) is 9.12. The number of aliphatic hydroxyl groups excluding tert-OH is 2. The molecule has 1 fully saturated rings. The van der Waals surface area contributed by atoms with E-state index in [4.69, 9.17) is 9.47 Å². The standard InChI is InChI=1S/C35H64O5/c1-3-4-5-6-7-8-12-15-18-21-24-31(36)33-26-27-34(40-33)32(37)25-22-19-16-13-10-9-11-14-17-20-23-30-28-29(2)39-35(30)38/h28-29,31-34,36-37H,3-27H2,1-2H3/t29-,31+,32-,33-,34+/m1/s1. The maximum absolute atomic E-state index is 11.6. The third-order valence-corrected chi connectivity index (χ3v) is 8.98. The van der Waals surface area contributed by atoms with Gasteiger partial charge in [0.15, 0.2) is 0 Å². The van der Waals surface area contributed by atoms with Crippen molar-refractivity contribution in [3.63, 3.8) is 0 Å². The minimum atomic E-state index is -0.389. The number of hydrogen-bond donors (Lipinski definition) is 2. The second-order valence-corrected chi connectivity index (χ2v) is 12.8. The summed E-state index contributed by atoms with van der Waals surface area (Å²) in [5.41, 5.74) is 0.870. The van der Waals surface area contributed by atoms with Crippen LogP contribution in [0.2, 0.25) is 0 Å². The van der Waals surface area contributed by atoms with Crippen molar-refractivity contribution >= 4 is 5.97 Å². The van der Waals surface area contributed by atoms with Gasteiger partial charge >= 0.3 is 5.97 Å². The van der Waals surface area contributed by atoms with Gasteiger partial charge in [0.2, 0.25) is 0 Å². The molecule has 0 aromatic heterocycles. The van der Waals surface area contributed by atoms with Gasteiger partial charge in [0.1, 0.15) is 6.10 Å². The largest absolute Gasteiger partial charge is 0.455 e. The van der Waals surface area contributed by atoms with Crippen molar-refractivity contribution in [1.82, 2.24) is 0 Å². The van der Waals surface area contributed by atoms with Crippen molar-refractivity contribution in [1.29, 1.82) is 0 Å². The lowest BCUT2D eigenvalue weighted by Crippen LogP contribution is -2.31. The van der Waals surface area contributed by atoms with Crippen molar-refractivity contribution in [2.45, 2.75) is 205 Å². The number of hydrogen-bond acceptors (Lipinski definition) is 5. The minimum absolute atomic E-state index is 0.0443. The highest BCUT2D eigenvalue weighted by Gasteiger charge is 2.34. The molecule has 0 amide bonds. The summed E-state index contributed by atoms with van der Waals surface area (Å²) in [6.45, 7) is 4.18. The second kappa shape index (κ2) is 22.7. The molecule has 2 rings (SSSR count). The van der Waals surface area contributed by atoms with Crippen LogP contribution in [0.25, 0.3) is 0 Å². The molecule has 0 aromatic carbocycles. The monoisotopic (exact) mass is 564 g/mol. The van der Waals surface area contributed by atoms with Gasteiger partial charge in [0.25, 0.3) is 0 Å². The lowest BCUT2D eigenvalue weighted by atomic mass is 10.00. The number of esters is 1. The fourth-order valence-corrected chi connectivity index (χ4v) is 6.37. The number of carbonyl (C=O) groups is 1. The Labute approximate surface area is 246 Å². The van der Waals surface area contributed by atoms with Gasteiger partial charge < -0.3 is 19.7 Å². The number of rotatable bonds is 26. The van der Waals surface area contributed by atoms with Gasteiger partial charge in [-0.15, -0.1) is 0 Å². The molecular formula is C35H64O5. The van der Waals surface area contributed by atoms with Crippen LogP contribution in [0.5, 0.6) is 0 Å². The summed E-state index contributed by atoms with van der Waals surface area (Å²) in [6, 6.07) is 0. The molecule has 234 valence electrons. The van der Waals surface area contributed by atoms with E-state index in [2.05, 4.69) is 6.92 Å². The summed E-state index contributed by atoms with van der Waals surface area (Å²) in [7, 11) is 0. The quantitative estimate of drug-likeness (QED) is 0.0809. The van der Waals surface area contributed by atoms with Crippen LogP contribution < -0.4 is 0 Å². The second-order valence-electron chi connectivity index (χ2n) is 12.8. The van der Waals surface area contributed by atoms with E-state index in [1.54, 1.807) is 0 Å². The van der Waals surface area contributed by atoms with Crippen LogP contribution in [0.1, 0.15) is 174 Å². The lowest BCUT2D eigenvalue weighted by Gasteiger charge is -2.22. The maximum atomic E-state index is 11.6. The summed E-state index contributed by atoms with van der Waals surface area (Å²) in [4.78, 5) is 11.6. The highest BCUT2D eigenvalue weighted by molar-refractivity contribution is 5.90. The Bertz CT molecular complexity index is 662. The van der Waals surface area contributed by atoms with Gasteiger partial charge in [-0.05, 0) is 51.5 Å². The van der Waals surface area contributed by atoms with Gasteiger partial charge in [0, 0.05) is 5.57 Å². The zero-order valence-corrected chi connectivity index (χ0v) is 26.3. The van der Waals surface area contributed by atoms with E-state index in [0.29, 0.717) is 0 Å². The van der Waals surface area contributed by atoms with E-state index < -0.39 is 0 Å². The Kier molecular flexibility index (Phi) is 20.0. The number of aliphatic hydroxyl groups is 2. The fraction of sp³-hybridized carbons (Fsp3) is 0.914. The molecule has 40 heavy (non-hydrogen) atoms. The molecular weight excluding hydrogens is 500 g/mol.